The number of aryl methyl sites for hydroxylation is 1. The minimum Gasteiger partial charge on any atom is -0.347 e. The molecule has 0 saturated heterocycles. The van der Waals surface area contributed by atoms with Gasteiger partial charge in [0.25, 0.3) is 0 Å². The molecule has 5 rings (SSSR count). The van der Waals surface area contributed by atoms with Crippen molar-refractivity contribution in [3.8, 4) is 10.6 Å². The maximum Gasteiger partial charge on any atom is 0.124 e. The largest absolute Gasteiger partial charge is 0.347 e. The van der Waals surface area contributed by atoms with Crippen LogP contribution in [-0.4, -0.2) is 18.2 Å². The summed E-state index contributed by atoms with van der Waals surface area (Å²) in [7, 11) is 2.13. The molecule has 4 aromatic rings. The predicted molar refractivity (Wildman–Crippen MR) is 134 cm³/mol. The van der Waals surface area contributed by atoms with E-state index in [0.29, 0.717) is 0 Å². The molecule has 0 amide bonds. The lowest BCUT2D eigenvalue weighted by Crippen LogP contribution is -2.22. The van der Waals surface area contributed by atoms with Crippen molar-refractivity contribution in [2.75, 3.05) is 11.9 Å². The molecule has 4 heteroatoms. The van der Waals surface area contributed by atoms with Crippen LogP contribution in [0.4, 0.5) is 11.4 Å². The second-order valence-electron chi connectivity index (χ2n) is 8.57. The van der Waals surface area contributed by atoms with Crippen LogP contribution >= 0.6 is 11.3 Å². The first-order valence-electron chi connectivity index (χ1n) is 10.5. The average Bonchev–Trinajstić information content (AvgIpc) is 3.27. The molecule has 0 spiro atoms. The summed E-state index contributed by atoms with van der Waals surface area (Å²) in [6, 6.07) is 23.3. The number of hydrogen-bond acceptors (Lipinski definition) is 4. The summed E-state index contributed by atoms with van der Waals surface area (Å²) in [5, 5.41) is 1.05. The van der Waals surface area contributed by atoms with Gasteiger partial charge >= 0.3 is 0 Å². The van der Waals surface area contributed by atoms with E-state index in [-0.39, 0.29) is 5.41 Å². The second-order valence-corrected chi connectivity index (χ2v) is 9.60. The van der Waals surface area contributed by atoms with Crippen molar-refractivity contribution in [3.05, 3.63) is 89.6 Å². The van der Waals surface area contributed by atoms with E-state index >= 15 is 0 Å². The number of fused-ring (bicyclic) bond motifs is 2. The van der Waals surface area contributed by atoms with Gasteiger partial charge in [-0.3, -0.25) is 4.99 Å². The maximum atomic E-state index is 4.78. The zero-order valence-corrected chi connectivity index (χ0v) is 19.1. The van der Waals surface area contributed by atoms with Gasteiger partial charge < -0.3 is 4.90 Å². The Labute approximate surface area is 187 Å². The van der Waals surface area contributed by atoms with Gasteiger partial charge in [-0.15, -0.1) is 11.3 Å². The van der Waals surface area contributed by atoms with Crippen molar-refractivity contribution >= 4 is 39.1 Å². The third-order valence-electron chi connectivity index (χ3n) is 6.05. The number of likely N-dealkylation sites (N-methyl/N-ethyl adjacent to an activating group) is 1. The number of hydrogen-bond donors (Lipinski definition) is 0. The van der Waals surface area contributed by atoms with E-state index in [1.807, 2.05) is 6.21 Å². The number of aliphatic imine (C=N–C) groups is 1. The van der Waals surface area contributed by atoms with Crippen molar-refractivity contribution in [2.45, 2.75) is 26.2 Å². The zero-order valence-electron chi connectivity index (χ0n) is 18.3. The molecule has 0 saturated carbocycles. The lowest BCUT2D eigenvalue weighted by molar-refractivity contribution is 0.641. The Bertz CT molecular complexity index is 1330. The van der Waals surface area contributed by atoms with Crippen molar-refractivity contribution in [2.24, 2.45) is 4.99 Å². The number of para-hydroxylation sites is 1. The Morgan fingerprint density at radius 3 is 2.55 bits per heavy atom. The summed E-state index contributed by atoms with van der Waals surface area (Å²) in [6.45, 7) is 6.65. The van der Waals surface area contributed by atoms with Crippen LogP contribution in [0.3, 0.4) is 0 Å². The standard InChI is InChI=1S/C27H25N3S/c1-18-9-14-22-24(17-18)31-26(29-22)19-10-12-20(13-11-19)28-16-15-25-27(2,3)21-7-5-6-8-23(21)30(25)4/h5-17H,1-4H3/b25-15+,28-16?. The third-order valence-corrected chi connectivity index (χ3v) is 7.12. The Morgan fingerprint density at radius 1 is 1.00 bits per heavy atom. The first kappa shape index (κ1) is 19.7. The molecule has 0 bridgehead atoms. The Balaban J connectivity index is 1.37. The molecule has 3 aromatic carbocycles. The molecule has 1 aliphatic heterocycles. The van der Waals surface area contributed by atoms with Gasteiger partial charge in [0.15, 0.2) is 0 Å². The molecule has 0 N–H and O–H groups in total. The predicted octanol–water partition coefficient (Wildman–Crippen LogP) is 7.29. The number of benzene rings is 3. The van der Waals surface area contributed by atoms with Crippen LogP contribution < -0.4 is 4.90 Å². The molecular formula is C27H25N3S. The summed E-state index contributed by atoms with van der Waals surface area (Å²) in [5.41, 5.74) is 8.22. The highest BCUT2D eigenvalue weighted by Crippen LogP contribution is 2.46. The molecule has 1 aliphatic rings. The van der Waals surface area contributed by atoms with E-state index in [1.165, 1.54) is 27.2 Å². The molecule has 0 atom stereocenters. The molecule has 2 heterocycles. The van der Waals surface area contributed by atoms with Gasteiger partial charge in [-0.25, -0.2) is 4.98 Å². The van der Waals surface area contributed by atoms with Gasteiger partial charge in [-0.05, 0) is 66.6 Å². The van der Waals surface area contributed by atoms with Crippen LogP contribution in [0, 0.1) is 6.92 Å². The van der Waals surface area contributed by atoms with Gasteiger partial charge in [0.2, 0.25) is 0 Å². The Kier molecular flexibility index (Phi) is 4.75. The monoisotopic (exact) mass is 423 g/mol. The van der Waals surface area contributed by atoms with Crippen molar-refractivity contribution in [3.63, 3.8) is 0 Å². The zero-order chi connectivity index (χ0) is 21.6. The van der Waals surface area contributed by atoms with Crippen LogP contribution in [0.25, 0.3) is 20.8 Å². The fourth-order valence-electron chi connectivity index (χ4n) is 4.34. The second kappa shape index (κ2) is 7.47. The summed E-state index contributed by atoms with van der Waals surface area (Å²) < 4.78 is 1.23. The first-order valence-corrected chi connectivity index (χ1v) is 11.3. The normalized spacial score (nSPS) is 16.5. The third kappa shape index (κ3) is 3.47. The molecular weight excluding hydrogens is 398 g/mol. The number of thiazole rings is 1. The molecule has 0 unspecified atom stereocenters. The number of aromatic nitrogens is 1. The fourth-order valence-corrected chi connectivity index (χ4v) is 5.41. The van der Waals surface area contributed by atoms with E-state index in [2.05, 4.69) is 111 Å². The SMILES string of the molecule is Cc1ccc2nc(-c3ccc(N=C/C=C4/N(C)c5ccccc5C4(C)C)cc3)sc2c1. The van der Waals surface area contributed by atoms with Crippen LogP contribution in [0.1, 0.15) is 25.0 Å². The lowest BCUT2D eigenvalue weighted by atomic mass is 9.84. The fraction of sp³-hybridized carbons (Fsp3) is 0.185. The van der Waals surface area contributed by atoms with E-state index in [9.17, 15) is 0 Å². The number of rotatable bonds is 3. The summed E-state index contributed by atoms with van der Waals surface area (Å²) >= 11 is 1.73. The summed E-state index contributed by atoms with van der Waals surface area (Å²) in [6.07, 6.45) is 4.04. The average molecular weight is 424 g/mol. The molecule has 0 radical (unpaired) electrons. The van der Waals surface area contributed by atoms with E-state index in [1.54, 1.807) is 11.3 Å². The summed E-state index contributed by atoms with van der Waals surface area (Å²) in [4.78, 5) is 11.7. The smallest absolute Gasteiger partial charge is 0.124 e. The minimum atomic E-state index is -0.0353. The highest BCUT2D eigenvalue weighted by Gasteiger charge is 2.37. The van der Waals surface area contributed by atoms with Crippen LogP contribution in [0.2, 0.25) is 0 Å². The van der Waals surface area contributed by atoms with E-state index < -0.39 is 0 Å². The van der Waals surface area contributed by atoms with Gasteiger partial charge in [-0.2, -0.15) is 0 Å². The number of nitrogens with zero attached hydrogens (tertiary/aromatic N) is 3. The minimum absolute atomic E-state index is 0.0353. The van der Waals surface area contributed by atoms with Gasteiger partial charge in [0.05, 0.1) is 15.9 Å². The number of anilines is 1. The molecule has 0 fully saturated rings. The Morgan fingerprint density at radius 2 is 1.77 bits per heavy atom. The van der Waals surface area contributed by atoms with Crippen LogP contribution in [0.15, 0.2) is 83.5 Å². The molecule has 3 nitrogen and oxygen atoms in total. The first-order chi connectivity index (χ1) is 14.9. The summed E-state index contributed by atoms with van der Waals surface area (Å²) in [5.74, 6) is 0. The molecule has 31 heavy (non-hydrogen) atoms. The quantitative estimate of drug-likeness (QED) is 0.324. The van der Waals surface area contributed by atoms with Crippen molar-refractivity contribution < 1.29 is 0 Å². The lowest BCUT2D eigenvalue weighted by Gasteiger charge is -2.23. The maximum absolute atomic E-state index is 4.78. The van der Waals surface area contributed by atoms with Crippen molar-refractivity contribution in [1.82, 2.24) is 4.98 Å². The van der Waals surface area contributed by atoms with Gasteiger partial charge in [-0.1, -0.05) is 38.1 Å². The topological polar surface area (TPSA) is 28.5 Å². The Hall–Kier alpha value is -3.24. The van der Waals surface area contributed by atoms with E-state index in [4.69, 9.17) is 4.98 Å². The van der Waals surface area contributed by atoms with Gasteiger partial charge in [0, 0.05) is 35.6 Å². The van der Waals surface area contributed by atoms with E-state index in [0.717, 1.165) is 21.8 Å². The highest BCUT2D eigenvalue weighted by molar-refractivity contribution is 7.21. The molecule has 1 aromatic heterocycles. The van der Waals surface area contributed by atoms with Crippen LogP contribution in [-0.2, 0) is 5.41 Å². The van der Waals surface area contributed by atoms with Crippen molar-refractivity contribution in [1.29, 1.82) is 0 Å². The molecule has 0 aliphatic carbocycles. The van der Waals surface area contributed by atoms with Gasteiger partial charge in [0.1, 0.15) is 5.01 Å². The molecule has 154 valence electrons. The highest BCUT2D eigenvalue weighted by atomic mass is 32.1. The van der Waals surface area contributed by atoms with Crippen LogP contribution in [0.5, 0.6) is 0 Å². The number of allylic oxidation sites excluding steroid dienone is 2.